The molecule has 80 valence electrons. The van der Waals surface area contributed by atoms with Crippen molar-refractivity contribution in [2.24, 2.45) is 5.92 Å². The van der Waals surface area contributed by atoms with Crippen molar-refractivity contribution in [2.45, 2.75) is 26.0 Å². The number of nitrogens with zero attached hydrogens (tertiary/aromatic N) is 1. The first-order chi connectivity index (χ1) is 6.49. The third-order valence-electron chi connectivity index (χ3n) is 2.70. The first-order valence-corrected chi connectivity index (χ1v) is 4.52. The highest BCUT2D eigenvalue weighted by atomic mass is 16.5. The standard InChI is InChI=1S/C9H15NO4/c1-5-8(12)7(9(13)14-3)4-10(5)6(2)11/h5,7-8,12H,4H2,1-3H3/t5?,7-,8?/m1/s1. The summed E-state index contributed by atoms with van der Waals surface area (Å²) >= 11 is 0. The number of likely N-dealkylation sites (tertiary alicyclic amines) is 1. The second-order valence-corrected chi connectivity index (χ2v) is 3.53. The lowest BCUT2D eigenvalue weighted by atomic mass is 10.0. The second-order valence-electron chi connectivity index (χ2n) is 3.53. The smallest absolute Gasteiger partial charge is 0.313 e. The number of ether oxygens (including phenoxy) is 1. The third-order valence-corrected chi connectivity index (χ3v) is 2.70. The van der Waals surface area contributed by atoms with Crippen LogP contribution in [0.5, 0.6) is 0 Å². The highest BCUT2D eigenvalue weighted by molar-refractivity contribution is 5.78. The molecule has 1 amide bonds. The molecule has 0 aliphatic carbocycles. The van der Waals surface area contributed by atoms with Gasteiger partial charge < -0.3 is 14.7 Å². The highest BCUT2D eigenvalue weighted by Crippen LogP contribution is 2.24. The van der Waals surface area contributed by atoms with Crippen LogP contribution < -0.4 is 0 Å². The molecule has 1 aliphatic rings. The van der Waals surface area contributed by atoms with Crippen molar-refractivity contribution in [3.8, 4) is 0 Å². The summed E-state index contributed by atoms with van der Waals surface area (Å²) < 4.78 is 4.54. The first kappa shape index (κ1) is 11.0. The Morgan fingerprint density at radius 1 is 1.50 bits per heavy atom. The Hall–Kier alpha value is -1.10. The van der Waals surface area contributed by atoms with E-state index in [0.717, 1.165) is 0 Å². The number of carbonyl (C=O) groups excluding carboxylic acids is 2. The molecule has 0 aromatic rings. The fourth-order valence-electron chi connectivity index (χ4n) is 1.79. The van der Waals surface area contributed by atoms with Crippen LogP contribution in [0.4, 0.5) is 0 Å². The molecule has 2 unspecified atom stereocenters. The molecule has 0 aromatic carbocycles. The maximum Gasteiger partial charge on any atom is 0.313 e. The quantitative estimate of drug-likeness (QED) is 0.574. The zero-order valence-corrected chi connectivity index (χ0v) is 8.56. The number of aliphatic hydroxyl groups excluding tert-OH is 1. The molecule has 3 atom stereocenters. The Morgan fingerprint density at radius 2 is 2.07 bits per heavy atom. The molecule has 0 bridgehead atoms. The third kappa shape index (κ3) is 1.72. The van der Waals surface area contributed by atoms with Crippen molar-refractivity contribution in [3.63, 3.8) is 0 Å². The summed E-state index contributed by atoms with van der Waals surface area (Å²) in [5.41, 5.74) is 0. The summed E-state index contributed by atoms with van der Waals surface area (Å²) in [6.07, 6.45) is -0.827. The first-order valence-electron chi connectivity index (χ1n) is 4.52. The van der Waals surface area contributed by atoms with Gasteiger partial charge in [0.15, 0.2) is 0 Å². The molecule has 0 aromatic heterocycles. The van der Waals surface area contributed by atoms with Gasteiger partial charge >= 0.3 is 5.97 Å². The Bertz CT molecular complexity index is 253. The fraction of sp³-hybridized carbons (Fsp3) is 0.778. The summed E-state index contributed by atoms with van der Waals surface area (Å²) in [7, 11) is 1.27. The predicted molar refractivity (Wildman–Crippen MR) is 48.4 cm³/mol. The molecular weight excluding hydrogens is 186 g/mol. The topological polar surface area (TPSA) is 66.8 Å². The number of hydrogen-bond acceptors (Lipinski definition) is 4. The van der Waals surface area contributed by atoms with E-state index in [1.165, 1.54) is 18.9 Å². The van der Waals surface area contributed by atoms with Crippen molar-refractivity contribution in [1.82, 2.24) is 4.90 Å². The van der Waals surface area contributed by atoms with Crippen molar-refractivity contribution in [1.29, 1.82) is 0 Å². The average molecular weight is 201 g/mol. The molecule has 0 saturated carbocycles. The van der Waals surface area contributed by atoms with Crippen LogP contribution in [0.1, 0.15) is 13.8 Å². The Labute approximate surface area is 82.6 Å². The Kier molecular flexibility index (Phi) is 3.10. The van der Waals surface area contributed by atoms with Crippen LogP contribution in [-0.2, 0) is 14.3 Å². The summed E-state index contributed by atoms with van der Waals surface area (Å²) in [4.78, 5) is 23.8. The largest absolute Gasteiger partial charge is 0.469 e. The maximum absolute atomic E-state index is 11.2. The summed E-state index contributed by atoms with van der Waals surface area (Å²) in [5, 5.41) is 9.68. The molecule has 0 radical (unpaired) electrons. The Morgan fingerprint density at radius 3 is 2.43 bits per heavy atom. The van der Waals surface area contributed by atoms with E-state index in [-0.39, 0.29) is 18.5 Å². The lowest BCUT2D eigenvalue weighted by Gasteiger charge is -2.20. The SMILES string of the molecule is COC(=O)[C@@H]1CN(C(C)=O)C(C)C1O. The van der Waals surface area contributed by atoms with Gasteiger partial charge in [-0.2, -0.15) is 0 Å². The van der Waals surface area contributed by atoms with Crippen LogP contribution in [0.15, 0.2) is 0 Å². The predicted octanol–water partition coefficient (Wildman–Crippen LogP) is -0.613. The molecule has 1 saturated heterocycles. The normalized spacial score (nSPS) is 31.7. The molecule has 1 fully saturated rings. The zero-order valence-electron chi connectivity index (χ0n) is 8.56. The molecule has 1 heterocycles. The number of amides is 1. The molecule has 1 aliphatic heterocycles. The monoisotopic (exact) mass is 201 g/mol. The van der Waals surface area contributed by atoms with Gasteiger partial charge in [-0.05, 0) is 6.92 Å². The van der Waals surface area contributed by atoms with E-state index in [9.17, 15) is 14.7 Å². The van der Waals surface area contributed by atoms with Crippen LogP contribution in [-0.4, -0.2) is 47.7 Å². The van der Waals surface area contributed by atoms with Gasteiger partial charge in [-0.1, -0.05) is 0 Å². The van der Waals surface area contributed by atoms with Gasteiger partial charge in [-0.3, -0.25) is 9.59 Å². The van der Waals surface area contributed by atoms with E-state index < -0.39 is 18.0 Å². The minimum absolute atomic E-state index is 0.136. The zero-order chi connectivity index (χ0) is 10.9. The molecule has 5 heteroatoms. The maximum atomic E-state index is 11.2. The number of carbonyl (C=O) groups is 2. The number of aliphatic hydroxyl groups is 1. The number of methoxy groups -OCH3 is 1. The van der Waals surface area contributed by atoms with Crippen LogP contribution in [0.2, 0.25) is 0 Å². The van der Waals surface area contributed by atoms with Crippen molar-refractivity contribution in [2.75, 3.05) is 13.7 Å². The molecule has 14 heavy (non-hydrogen) atoms. The molecule has 1 N–H and O–H groups in total. The van der Waals surface area contributed by atoms with Crippen molar-refractivity contribution < 1.29 is 19.4 Å². The van der Waals surface area contributed by atoms with E-state index in [1.54, 1.807) is 6.92 Å². The fourth-order valence-corrected chi connectivity index (χ4v) is 1.79. The molecule has 0 spiro atoms. The number of esters is 1. The van der Waals surface area contributed by atoms with Crippen LogP contribution in [0.25, 0.3) is 0 Å². The highest BCUT2D eigenvalue weighted by Gasteiger charge is 2.43. The molecular formula is C9H15NO4. The van der Waals surface area contributed by atoms with E-state index in [1.807, 2.05) is 0 Å². The summed E-state index contributed by atoms with van der Waals surface area (Å²) in [6, 6.07) is -0.323. The lowest BCUT2D eigenvalue weighted by molar-refractivity contribution is -0.147. The van der Waals surface area contributed by atoms with Crippen LogP contribution in [0.3, 0.4) is 0 Å². The van der Waals surface area contributed by atoms with E-state index in [0.29, 0.717) is 0 Å². The van der Waals surface area contributed by atoms with Crippen LogP contribution >= 0.6 is 0 Å². The Balaban J connectivity index is 2.76. The van der Waals surface area contributed by atoms with Gasteiger partial charge in [0.1, 0.15) is 5.92 Å². The lowest BCUT2D eigenvalue weighted by Crippen LogP contribution is -2.35. The minimum Gasteiger partial charge on any atom is -0.469 e. The van der Waals surface area contributed by atoms with Gasteiger partial charge in [0.25, 0.3) is 0 Å². The van der Waals surface area contributed by atoms with Crippen molar-refractivity contribution >= 4 is 11.9 Å². The van der Waals surface area contributed by atoms with E-state index >= 15 is 0 Å². The van der Waals surface area contributed by atoms with Gasteiger partial charge in [0.05, 0.1) is 19.3 Å². The van der Waals surface area contributed by atoms with Crippen LogP contribution in [0, 0.1) is 5.92 Å². The summed E-state index contributed by atoms with van der Waals surface area (Å²) in [6.45, 7) is 3.38. The van der Waals surface area contributed by atoms with Gasteiger partial charge in [-0.15, -0.1) is 0 Å². The van der Waals surface area contributed by atoms with Gasteiger partial charge in [0.2, 0.25) is 5.91 Å². The second kappa shape index (κ2) is 3.96. The number of hydrogen-bond donors (Lipinski definition) is 1. The number of rotatable bonds is 1. The minimum atomic E-state index is -0.827. The average Bonchev–Trinajstić information content (AvgIpc) is 2.43. The summed E-state index contributed by atoms with van der Waals surface area (Å²) in [5.74, 6) is -1.21. The van der Waals surface area contributed by atoms with E-state index in [2.05, 4.69) is 4.74 Å². The van der Waals surface area contributed by atoms with E-state index in [4.69, 9.17) is 0 Å². The van der Waals surface area contributed by atoms with Gasteiger partial charge in [0, 0.05) is 13.5 Å². The van der Waals surface area contributed by atoms with Crippen molar-refractivity contribution in [3.05, 3.63) is 0 Å². The van der Waals surface area contributed by atoms with Gasteiger partial charge in [-0.25, -0.2) is 0 Å². The molecule has 1 rings (SSSR count). The molecule has 5 nitrogen and oxygen atoms in total.